The third-order valence-corrected chi connectivity index (χ3v) is 6.14. The Balaban J connectivity index is 2.41. The summed E-state index contributed by atoms with van der Waals surface area (Å²) in [6.07, 6.45) is 3.55. The van der Waals surface area contributed by atoms with Gasteiger partial charge in [0.15, 0.2) is 0 Å². The molecule has 0 aromatic heterocycles. The van der Waals surface area contributed by atoms with Crippen molar-refractivity contribution in [2.75, 3.05) is 19.7 Å². The topological polar surface area (TPSA) is 107 Å². The van der Waals surface area contributed by atoms with Gasteiger partial charge in [-0.2, -0.15) is 0 Å². The van der Waals surface area contributed by atoms with E-state index in [1.165, 1.54) is 4.90 Å². The Morgan fingerprint density at radius 3 is 2.68 bits per heavy atom. The fourth-order valence-corrected chi connectivity index (χ4v) is 4.03. The minimum absolute atomic E-state index is 0.0386. The Bertz CT molecular complexity index is 1020. The Morgan fingerprint density at radius 1 is 1.38 bits per heavy atom. The molecule has 1 aliphatic rings. The summed E-state index contributed by atoms with van der Waals surface area (Å²) in [6, 6.07) is 5.44. The highest BCUT2D eigenvalue weighted by atomic mass is 35.5. The molecule has 1 N–H and O–H groups in total. The standard InChI is InChI=1S/C25H34ClN5O3/c1-7-34-22(32)11-13-31-16-20(17(2)15-28-30-27)25(6,29-23(31)33)19-9-8-18(21(26)14-19)10-12-24(3,4)5/h8-9,14,16H,2,7,10-13,15H2,1,3-6H3,(H,29,33)/t25-/m0/s1. The van der Waals surface area contributed by atoms with Crippen molar-refractivity contribution >= 4 is 23.6 Å². The Kier molecular flexibility index (Phi) is 9.19. The number of amides is 2. The van der Waals surface area contributed by atoms with Crippen LogP contribution >= 0.6 is 11.6 Å². The molecule has 1 atom stereocenters. The van der Waals surface area contributed by atoms with E-state index in [4.69, 9.17) is 21.9 Å². The third-order valence-electron chi connectivity index (χ3n) is 5.78. The van der Waals surface area contributed by atoms with Gasteiger partial charge in [0.1, 0.15) is 0 Å². The zero-order valence-electron chi connectivity index (χ0n) is 20.7. The molecule has 0 aliphatic carbocycles. The molecule has 2 rings (SSSR count). The Hall–Kier alpha value is -2.96. The fourth-order valence-electron chi connectivity index (χ4n) is 3.75. The summed E-state index contributed by atoms with van der Waals surface area (Å²) in [5.74, 6) is -0.385. The Labute approximate surface area is 206 Å². The summed E-state index contributed by atoms with van der Waals surface area (Å²) < 4.78 is 4.97. The quantitative estimate of drug-likeness (QED) is 0.182. The van der Waals surface area contributed by atoms with Crippen LogP contribution in [-0.2, 0) is 21.5 Å². The van der Waals surface area contributed by atoms with Gasteiger partial charge in [-0.05, 0) is 60.4 Å². The highest BCUT2D eigenvalue weighted by Gasteiger charge is 2.39. The maximum Gasteiger partial charge on any atom is 0.322 e. The van der Waals surface area contributed by atoms with Crippen molar-refractivity contribution in [1.82, 2.24) is 10.2 Å². The molecule has 184 valence electrons. The molecule has 0 unspecified atom stereocenters. The second-order valence-corrected chi connectivity index (χ2v) is 10.1. The molecule has 1 aliphatic heterocycles. The molecule has 34 heavy (non-hydrogen) atoms. The number of nitrogens with one attached hydrogen (secondary N) is 1. The van der Waals surface area contributed by atoms with Crippen LogP contribution in [0.15, 0.2) is 47.2 Å². The molecule has 9 heteroatoms. The number of carbonyl (C=O) groups excluding carboxylic acids is 2. The van der Waals surface area contributed by atoms with Gasteiger partial charge in [-0.15, -0.1) is 0 Å². The van der Waals surface area contributed by atoms with Crippen LogP contribution in [0.25, 0.3) is 10.4 Å². The number of halogens is 1. The molecule has 1 aromatic carbocycles. The first kappa shape index (κ1) is 27.3. The normalized spacial score (nSPS) is 18.0. The summed E-state index contributed by atoms with van der Waals surface area (Å²) in [7, 11) is 0. The van der Waals surface area contributed by atoms with Crippen molar-refractivity contribution < 1.29 is 14.3 Å². The smallest absolute Gasteiger partial charge is 0.322 e. The van der Waals surface area contributed by atoms with Gasteiger partial charge < -0.3 is 15.0 Å². The van der Waals surface area contributed by atoms with E-state index < -0.39 is 5.54 Å². The lowest BCUT2D eigenvalue weighted by Gasteiger charge is -2.41. The van der Waals surface area contributed by atoms with Crippen molar-refractivity contribution in [3.8, 4) is 0 Å². The van der Waals surface area contributed by atoms with Crippen LogP contribution in [0.1, 0.15) is 58.6 Å². The summed E-state index contributed by atoms with van der Waals surface area (Å²) in [6.45, 7) is 14.7. The summed E-state index contributed by atoms with van der Waals surface area (Å²) in [4.78, 5) is 29.0. The first-order chi connectivity index (χ1) is 15.9. The zero-order valence-corrected chi connectivity index (χ0v) is 21.4. The monoisotopic (exact) mass is 487 g/mol. The number of hydrogen-bond acceptors (Lipinski definition) is 4. The van der Waals surface area contributed by atoms with Gasteiger partial charge >= 0.3 is 12.0 Å². The number of rotatable bonds is 10. The lowest BCUT2D eigenvalue weighted by atomic mass is 9.79. The van der Waals surface area contributed by atoms with Crippen LogP contribution < -0.4 is 5.32 Å². The molecule has 1 aromatic rings. The molecule has 0 spiro atoms. The van der Waals surface area contributed by atoms with E-state index in [9.17, 15) is 9.59 Å². The van der Waals surface area contributed by atoms with E-state index in [0.29, 0.717) is 16.2 Å². The minimum Gasteiger partial charge on any atom is -0.466 e. The van der Waals surface area contributed by atoms with Gasteiger partial charge in [0.25, 0.3) is 0 Å². The predicted octanol–water partition coefficient (Wildman–Crippen LogP) is 6.26. The van der Waals surface area contributed by atoms with Gasteiger partial charge in [-0.1, -0.05) is 56.2 Å². The number of urea groups is 1. The molecular formula is C25H34ClN5O3. The second-order valence-electron chi connectivity index (χ2n) is 9.71. The number of esters is 1. The zero-order chi connectivity index (χ0) is 25.5. The average molecular weight is 488 g/mol. The summed E-state index contributed by atoms with van der Waals surface area (Å²) >= 11 is 6.65. The number of azide groups is 1. The van der Waals surface area contributed by atoms with E-state index in [2.05, 4.69) is 42.7 Å². The number of nitrogens with zero attached hydrogens (tertiary/aromatic N) is 4. The molecule has 0 bridgehead atoms. The molecule has 0 saturated carbocycles. The first-order valence-electron chi connectivity index (χ1n) is 11.4. The third kappa shape index (κ3) is 7.02. The number of carbonyl (C=O) groups is 2. The maximum absolute atomic E-state index is 13.0. The van der Waals surface area contributed by atoms with Crippen molar-refractivity contribution in [1.29, 1.82) is 0 Å². The summed E-state index contributed by atoms with van der Waals surface area (Å²) in [5.41, 5.74) is 11.1. The lowest BCUT2D eigenvalue weighted by molar-refractivity contribution is -0.143. The Morgan fingerprint density at radius 2 is 2.09 bits per heavy atom. The minimum atomic E-state index is -0.953. The number of hydrogen-bond donors (Lipinski definition) is 1. The van der Waals surface area contributed by atoms with E-state index in [-0.39, 0.29) is 43.5 Å². The van der Waals surface area contributed by atoms with Crippen LogP contribution in [0, 0.1) is 5.41 Å². The van der Waals surface area contributed by atoms with Crippen LogP contribution in [0.2, 0.25) is 5.02 Å². The van der Waals surface area contributed by atoms with E-state index >= 15 is 0 Å². The molecule has 2 amide bonds. The van der Waals surface area contributed by atoms with E-state index in [1.54, 1.807) is 13.1 Å². The predicted molar refractivity (Wildman–Crippen MR) is 134 cm³/mol. The van der Waals surface area contributed by atoms with Crippen LogP contribution in [0.3, 0.4) is 0 Å². The van der Waals surface area contributed by atoms with Crippen LogP contribution in [0.5, 0.6) is 0 Å². The van der Waals surface area contributed by atoms with E-state index in [1.807, 2.05) is 25.1 Å². The highest BCUT2D eigenvalue weighted by molar-refractivity contribution is 6.31. The van der Waals surface area contributed by atoms with E-state index in [0.717, 1.165) is 24.0 Å². The first-order valence-corrected chi connectivity index (χ1v) is 11.7. The van der Waals surface area contributed by atoms with Gasteiger partial charge in [0, 0.05) is 28.3 Å². The van der Waals surface area contributed by atoms with Crippen molar-refractivity contribution in [3.05, 3.63) is 68.7 Å². The van der Waals surface area contributed by atoms with Crippen LogP contribution in [-0.4, -0.2) is 36.6 Å². The van der Waals surface area contributed by atoms with Crippen LogP contribution in [0.4, 0.5) is 4.79 Å². The molecule has 1 heterocycles. The fraction of sp³-hybridized carbons (Fsp3) is 0.520. The molecule has 0 saturated heterocycles. The SMILES string of the molecule is C=C(CN=[N+]=[N-])C1=CN(CCC(=O)OCC)C(=O)N[C@@]1(C)c1ccc(CCC(C)(C)C)c(Cl)c1. The molecule has 0 radical (unpaired) electrons. The average Bonchev–Trinajstić information content (AvgIpc) is 2.75. The maximum atomic E-state index is 13.0. The largest absolute Gasteiger partial charge is 0.466 e. The molecule has 8 nitrogen and oxygen atoms in total. The molecule has 0 fully saturated rings. The summed E-state index contributed by atoms with van der Waals surface area (Å²) in [5, 5.41) is 7.30. The van der Waals surface area contributed by atoms with Crippen molar-refractivity contribution in [2.24, 2.45) is 10.5 Å². The van der Waals surface area contributed by atoms with Gasteiger partial charge in [0.2, 0.25) is 0 Å². The van der Waals surface area contributed by atoms with Gasteiger partial charge in [0.05, 0.1) is 25.1 Å². The number of ether oxygens (including phenoxy) is 1. The van der Waals surface area contributed by atoms with Gasteiger partial charge in [-0.25, -0.2) is 4.79 Å². The molecular weight excluding hydrogens is 454 g/mol. The van der Waals surface area contributed by atoms with Gasteiger partial charge in [-0.3, -0.25) is 4.79 Å². The highest BCUT2D eigenvalue weighted by Crippen LogP contribution is 2.38. The number of benzene rings is 1. The second kappa shape index (κ2) is 11.4. The van der Waals surface area contributed by atoms with Crippen molar-refractivity contribution in [3.63, 3.8) is 0 Å². The lowest BCUT2D eigenvalue weighted by Crippen LogP contribution is -2.54. The van der Waals surface area contributed by atoms with Crippen molar-refractivity contribution in [2.45, 2.75) is 59.4 Å². The number of aryl methyl sites for hydroxylation is 1.